The second-order valence-corrected chi connectivity index (χ2v) is 2.80. The van der Waals surface area contributed by atoms with Crippen molar-refractivity contribution in [3.63, 3.8) is 0 Å². The lowest BCUT2D eigenvalue weighted by Crippen LogP contribution is -2.49. The van der Waals surface area contributed by atoms with Crippen molar-refractivity contribution >= 4 is 0 Å². The Bertz CT molecular complexity index is 109. The summed E-state index contributed by atoms with van der Waals surface area (Å²) >= 11 is 0. The smallest absolute Gasteiger partial charge is 0.136 e. The van der Waals surface area contributed by atoms with Gasteiger partial charge in [0.1, 0.15) is 6.54 Å². The van der Waals surface area contributed by atoms with E-state index in [1.807, 2.05) is 0 Å². The predicted octanol–water partition coefficient (Wildman–Crippen LogP) is 0.278. The van der Waals surface area contributed by atoms with E-state index >= 15 is 0 Å². The third-order valence-electron chi connectivity index (χ3n) is 0.588. The molecule has 0 aromatic heterocycles. The third-order valence-corrected chi connectivity index (χ3v) is 0.588. The third kappa shape index (κ3) is 5.52. The first-order chi connectivity index (χ1) is 3.56. The molecule has 1 heteroatoms. The number of hydrogen-bond donors (Lipinski definition) is 1. The fourth-order valence-corrected chi connectivity index (χ4v) is 0.328. The number of hydrogen-bond acceptors (Lipinski definition) is 0. The lowest BCUT2D eigenvalue weighted by atomic mass is 9.98. The van der Waals surface area contributed by atoms with E-state index in [2.05, 4.69) is 38.3 Å². The molecular weight excluding hydrogens is 98.1 g/mol. The van der Waals surface area contributed by atoms with Gasteiger partial charge < -0.3 is 5.73 Å². The summed E-state index contributed by atoms with van der Waals surface area (Å²) in [6, 6.07) is 0. The maximum absolute atomic E-state index is 3.62. The Balaban J connectivity index is 3.69. The van der Waals surface area contributed by atoms with Crippen LogP contribution in [0.3, 0.4) is 0 Å². The Morgan fingerprint density at radius 2 is 1.88 bits per heavy atom. The molecule has 0 aliphatic rings. The zero-order chi connectivity index (χ0) is 6.62. The van der Waals surface area contributed by atoms with Crippen molar-refractivity contribution in [3.8, 4) is 11.8 Å². The molecule has 0 aliphatic heterocycles. The topological polar surface area (TPSA) is 27.6 Å². The summed E-state index contributed by atoms with van der Waals surface area (Å²) in [5.41, 5.74) is 3.77. The molecule has 0 aromatic carbocycles. The Kier molecular flexibility index (Phi) is 2.57. The zero-order valence-corrected chi connectivity index (χ0v) is 5.91. The fourth-order valence-electron chi connectivity index (χ4n) is 0.328. The molecule has 0 spiro atoms. The van der Waals surface area contributed by atoms with Gasteiger partial charge in [0.2, 0.25) is 0 Å². The molecule has 0 bridgehead atoms. The van der Waals surface area contributed by atoms with Gasteiger partial charge in [-0.2, -0.15) is 0 Å². The van der Waals surface area contributed by atoms with Gasteiger partial charge in [-0.15, -0.1) is 0 Å². The SMILES string of the molecule is CC(C)(C)C#CC[NH3+]. The summed E-state index contributed by atoms with van der Waals surface area (Å²) in [5, 5.41) is 0. The van der Waals surface area contributed by atoms with Crippen LogP contribution in [0.1, 0.15) is 20.8 Å². The fraction of sp³-hybridized carbons (Fsp3) is 0.714. The average molecular weight is 112 g/mol. The van der Waals surface area contributed by atoms with Gasteiger partial charge in [-0.3, -0.25) is 0 Å². The Morgan fingerprint density at radius 1 is 1.38 bits per heavy atom. The van der Waals surface area contributed by atoms with E-state index < -0.39 is 0 Å². The van der Waals surface area contributed by atoms with Gasteiger partial charge in [-0.25, -0.2) is 0 Å². The van der Waals surface area contributed by atoms with E-state index in [1.54, 1.807) is 0 Å². The zero-order valence-electron chi connectivity index (χ0n) is 5.91. The van der Waals surface area contributed by atoms with Crippen molar-refractivity contribution in [3.05, 3.63) is 0 Å². The first-order valence-electron chi connectivity index (χ1n) is 2.85. The van der Waals surface area contributed by atoms with Crippen LogP contribution in [0.4, 0.5) is 0 Å². The molecule has 0 heterocycles. The van der Waals surface area contributed by atoms with E-state index in [9.17, 15) is 0 Å². The summed E-state index contributed by atoms with van der Waals surface area (Å²) in [4.78, 5) is 0. The normalized spacial score (nSPS) is 10.0. The standard InChI is InChI=1S/C7H13N/c1-7(2,3)5-4-6-8/h6,8H2,1-3H3/p+1. The van der Waals surface area contributed by atoms with Crippen LogP contribution >= 0.6 is 0 Å². The van der Waals surface area contributed by atoms with Gasteiger partial charge in [-0.1, -0.05) is 5.92 Å². The minimum atomic E-state index is 0.150. The predicted molar refractivity (Wildman–Crippen MR) is 35.0 cm³/mol. The van der Waals surface area contributed by atoms with E-state index in [1.165, 1.54) is 0 Å². The molecule has 0 saturated heterocycles. The van der Waals surface area contributed by atoms with Crippen LogP contribution in [0, 0.1) is 17.3 Å². The largest absolute Gasteiger partial charge is 0.347 e. The first kappa shape index (κ1) is 7.52. The second kappa shape index (κ2) is 2.74. The van der Waals surface area contributed by atoms with Crippen molar-refractivity contribution in [2.45, 2.75) is 20.8 Å². The minimum absolute atomic E-state index is 0.150. The van der Waals surface area contributed by atoms with Gasteiger partial charge in [0.25, 0.3) is 0 Å². The van der Waals surface area contributed by atoms with Crippen molar-refractivity contribution < 1.29 is 5.73 Å². The summed E-state index contributed by atoms with van der Waals surface area (Å²) in [7, 11) is 0. The van der Waals surface area contributed by atoms with Crippen molar-refractivity contribution in [2.24, 2.45) is 5.41 Å². The van der Waals surface area contributed by atoms with Crippen LogP contribution in [0.25, 0.3) is 0 Å². The summed E-state index contributed by atoms with van der Waals surface area (Å²) in [5.74, 6) is 5.99. The highest BCUT2D eigenvalue weighted by Crippen LogP contribution is 2.08. The van der Waals surface area contributed by atoms with E-state index in [0.29, 0.717) is 0 Å². The van der Waals surface area contributed by atoms with Gasteiger partial charge >= 0.3 is 0 Å². The van der Waals surface area contributed by atoms with Crippen LogP contribution in [0.5, 0.6) is 0 Å². The van der Waals surface area contributed by atoms with Gasteiger partial charge in [-0.05, 0) is 26.7 Å². The molecule has 8 heavy (non-hydrogen) atoms. The van der Waals surface area contributed by atoms with Crippen LogP contribution in [0.15, 0.2) is 0 Å². The van der Waals surface area contributed by atoms with Crippen LogP contribution in [0.2, 0.25) is 0 Å². The van der Waals surface area contributed by atoms with Gasteiger partial charge in [0.15, 0.2) is 0 Å². The highest BCUT2D eigenvalue weighted by Gasteiger charge is 2.02. The Hall–Kier alpha value is -0.480. The number of rotatable bonds is 0. The molecule has 3 N–H and O–H groups in total. The average Bonchev–Trinajstić information content (AvgIpc) is 1.59. The minimum Gasteiger partial charge on any atom is -0.347 e. The summed E-state index contributed by atoms with van der Waals surface area (Å²) < 4.78 is 0. The molecule has 0 radical (unpaired) electrons. The highest BCUT2D eigenvalue weighted by atomic mass is 14.5. The molecule has 46 valence electrons. The van der Waals surface area contributed by atoms with Gasteiger partial charge in [0.05, 0.1) is 0 Å². The molecule has 1 nitrogen and oxygen atoms in total. The molecule has 0 fully saturated rings. The maximum atomic E-state index is 3.62. The van der Waals surface area contributed by atoms with Crippen LogP contribution in [-0.4, -0.2) is 6.54 Å². The van der Waals surface area contributed by atoms with E-state index in [-0.39, 0.29) is 5.41 Å². The molecule has 0 aliphatic carbocycles. The monoisotopic (exact) mass is 112 g/mol. The molecule has 0 aromatic rings. The van der Waals surface area contributed by atoms with E-state index in [0.717, 1.165) is 6.54 Å². The molecule has 0 atom stereocenters. The lowest BCUT2D eigenvalue weighted by Gasteiger charge is -2.05. The Morgan fingerprint density at radius 3 is 2.00 bits per heavy atom. The Labute approximate surface area is 51.3 Å². The van der Waals surface area contributed by atoms with Crippen molar-refractivity contribution in [2.75, 3.05) is 6.54 Å². The summed E-state index contributed by atoms with van der Waals surface area (Å²) in [6.07, 6.45) is 0. The molecular formula is C7H14N+. The molecule has 0 saturated carbocycles. The lowest BCUT2D eigenvalue weighted by molar-refractivity contribution is -0.349. The quantitative estimate of drug-likeness (QED) is 0.436. The molecule has 0 amide bonds. The summed E-state index contributed by atoms with van der Waals surface area (Å²) in [6.45, 7) is 7.00. The van der Waals surface area contributed by atoms with Crippen molar-refractivity contribution in [1.29, 1.82) is 0 Å². The molecule has 0 rings (SSSR count). The van der Waals surface area contributed by atoms with Gasteiger partial charge in [0, 0.05) is 5.41 Å². The first-order valence-corrected chi connectivity index (χ1v) is 2.85. The van der Waals surface area contributed by atoms with Crippen molar-refractivity contribution in [1.82, 2.24) is 0 Å². The second-order valence-electron chi connectivity index (χ2n) is 2.80. The highest BCUT2D eigenvalue weighted by molar-refractivity contribution is 5.06. The maximum Gasteiger partial charge on any atom is 0.136 e. The molecule has 0 unspecified atom stereocenters. The van der Waals surface area contributed by atoms with Crippen LogP contribution in [-0.2, 0) is 0 Å². The number of quaternary nitrogens is 1. The van der Waals surface area contributed by atoms with E-state index in [4.69, 9.17) is 0 Å². The van der Waals surface area contributed by atoms with Crippen LogP contribution < -0.4 is 5.73 Å².